The Morgan fingerprint density at radius 3 is 2.75 bits per heavy atom. The van der Waals surface area contributed by atoms with Gasteiger partial charge in [-0.3, -0.25) is 14.5 Å². The summed E-state index contributed by atoms with van der Waals surface area (Å²) in [6, 6.07) is 7.75. The molecule has 2 aliphatic rings. The first-order valence-corrected chi connectivity index (χ1v) is 8.99. The van der Waals surface area contributed by atoms with Gasteiger partial charge in [0.05, 0.1) is 13.1 Å². The normalized spacial score (nSPS) is 24.0. The Kier molecular flexibility index (Phi) is 5.08. The number of hydrogen-bond acceptors (Lipinski definition) is 5. The fourth-order valence-electron chi connectivity index (χ4n) is 2.98. The zero-order valence-electron chi connectivity index (χ0n) is 13.5. The van der Waals surface area contributed by atoms with Gasteiger partial charge in [0.2, 0.25) is 5.91 Å². The van der Waals surface area contributed by atoms with Gasteiger partial charge in [0, 0.05) is 24.8 Å². The Morgan fingerprint density at radius 2 is 2.08 bits per heavy atom. The SMILES string of the molecule is CC(=O)NC[C@H]1CN(c2ccc(C3CCSC(=O)C3)cc2)C(=O)O1. The van der Waals surface area contributed by atoms with E-state index in [2.05, 4.69) is 5.32 Å². The Morgan fingerprint density at radius 1 is 1.33 bits per heavy atom. The summed E-state index contributed by atoms with van der Waals surface area (Å²) in [5.74, 6) is 0.994. The summed E-state index contributed by atoms with van der Waals surface area (Å²) >= 11 is 1.41. The van der Waals surface area contributed by atoms with E-state index in [4.69, 9.17) is 4.74 Å². The van der Waals surface area contributed by atoms with E-state index in [-0.39, 0.29) is 23.0 Å². The first kappa shape index (κ1) is 16.8. The fourth-order valence-corrected chi connectivity index (χ4v) is 3.93. The minimum Gasteiger partial charge on any atom is -0.442 e. The first-order chi connectivity index (χ1) is 11.5. The smallest absolute Gasteiger partial charge is 0.414 e. The molecule has 2 aliphatic heterocycles. The molecule has 0 radical (unpaired) electrons. The van der Waals surface area contributed by atoms with Gasteiger partial charge >= 0.3 is 6.09 Å². The molecule has 0 aliphatic carbocycles. The van der Waals surface area contributed by atoms with E-state index < -0.39 is 6.09 Å². The molecule has 24 heavy (non-hydrogen) atoms. The number of carbonyl (C=O) groups excluding carboxylic acids is 3. The van der Waals surface area contributed by atoms with Crippen LogP contribution in [-0.4, -0.2) is 42.1 Å². The molecule has 128 valence electrons. The number of rotatable bonds is 4. The van der Waals surface area contributed by atoms with Crippen LogP contribution in [-0.2, 0) is 14.3 Å². The van der Waals surface area contributed by atoms with Crippen molar-refractivity contribution in [2.24, 2.45) is 0 Å². The summed E-state index contributed by atoms with van der Waals surface area (Å²) in [7, 11) is 0. The highest BCUT2D eigenvalue weighted by molar-refractivity contribution is 8.13. The average Bonchev–Trinajstić information content (AvgIpc) is 2.94. The van der Waals surface area contributed by atoms with Gasteiger partial charge in [-0.2, -0.15) is 0 Å². The van der Waals surface area contributed by atoms with Gasteiger partial charge in [0.15, 0.2) is 5.12 Å². The van der Waals surface area contributed by atoms with Gasteiger partial charge < -0.3 is 10.1 Å². The van der Waals surface area contributed by atoms with Gasteiger partial charge in [-0.1, -0.05) is 23.9 Å². The number of nitrogens with zero attached hydrogens (tertiary/aromatic N) is 1. The molecule has 2 saturated heterocycles. The zero-order valence-corrected chi connectivity index (χ0v) is 14.3. The summed E-state index contributed by atoms with van der Waals surface area (Å²) in [5, 5.41) is 2.91. The van der Waals surface area contributed by atoms with Crippen LogP contribution in [0.4, 0.5) is 10.5 Å². The van der Waals surface area contributed by atoms with Gasteiger partial charge in [-0.25, -0.2) is 4.79 Å². The molecule has 0 aromatic heterocycles. The van der Waals surface area contributed by atoms with Crippen LogP contribution >= 0.6 is 11.8 Å². The molecule has 6 nitrogen and oxygen atoms in total. The fraction of sp³-hybridized carbons (Fsp3) is 0.471. The number of benzene rings is 1. The third kappa shape index (κ3) is 3.90. The molecule has 2 heterocycles. The van der Waals surface area contributed by atoms with E-state index in [9.17, 15) is 14.4 Å². The lowest BCUT2D eigenvalue weighted by molar-refractivity contribution is -0.119. The number of ether oxygens (including phenoxy) is 1. The first-order valence-electron chi connectivity index (χ1n) is 8.01. The third-order valence-electron chi connectivity index (χ3n) is 4.27. The third-order valence-corrected chi connectivity index (χ3v) is 5.20. The van der Waals surface area contributed by atoms with E-state index in [1.54, 1.807) is 4.90 Å². The lowest BCUT2D eigenvalue weighted by Crippen LogP contribution is -2.33. The van der Waals surface area contributed by atoms with Crippen molar-refractivity contribution in [2.45, 2.75) is 31.8 Å². The van der Waals surface area contributed by atoms with Crippen LogP contribution in [0.5, 0.6) is 0 Å². The number of thioether (sulfide) groups is 1. The van der Waals surface area contributed by atoms with Gasteiger partial charge in [0.25, 0.3) is 0 Å². The molecule has 1 unspecified atom stereocenters. The second-order valence-corrected chi connectivity index (χ2v) is 7.21. The van der Waals surface area contributed by atoms with Gasteiger partial charge in [0.1, 0.15) is 6.10 Å². The maximum Gasteiger partial charge on any atom is 0.414 e. The summed E-state index contributed by atoms with van der Waals surface area (Å²) in [6.07, 6.45) is 0.839. The second kappa shape index (κ2) is 7.25. The van der Waals surface area contributed by atoms with Crippen LogP contribution in [0.2, 0.25) is 0 Å². The number of carbonyl (C=O) groups is 3. The van der Waals surface area contributed by atoms with Crippen LogP contribution in [0.15, 0.2) is 24.3 Å². The minimum atomic E-state index is -0.401. The highest BCUT2D eigenvalue weighted by atomic mass is 32.2. The lowest BCUT2D eigenvalue weighted by atomic mass is 9.93. The largest absolute Gasteiger partial charge is 0.442 e. The Hall–Kier alpha value is -2.02. The van der Waals surface area contributed by atoms with Crippen molar-refractivity contribution >= 4 is 34.6 Å². The standard InChI is InChI=1S/C17H20N2O4S/c1-11(20)18-9-15-10-19(17(22)23-15)14-4-2-12(3-5-14)13-6-7-24-16(21)8-13/h2-5,13,15H,6-10H2,1H3,(H,18,20)/t13?,15-/m0/s1. The van der Waals surface area contributed by atoms with Crippen molar-refractivity contribution < 1.29 is 19.1 Å². The number of nitrogens with one attached hydrogen (secondary N) is 1. The van der Waals surface area contributed by atoms with Crippen molar-refractivity contribution in [3.05, 3.63) is 29.8 Å². The van der Waals surface area contributed by atoms with Crippen molar-refractivity contribution in [1.82, 2.24) is 5.32 Å². The Bertz CT molecular complexity index is 646. The van der Waals surface area contributed by atoms with Crippen LogP contribution in [0.3, 0.4) is 0 Å². The molecule has 1 N–H and O–H groups in total. The second-order valence-electron chi connectivity index (χ2n) is 6.06. The molecule has 2 amide bonds. The van der Waals surface area contributed by atoms with Gasteiger partial charge in [-0.15, -0.1) is 0 Å². The Labute approximate surface area is 144 Å². The van der Waals surface area contributed by atoms with Crippen molar-refractivity contribution in [2.75, 3.05) is 23.7 Å². The molecule has 7 heteroatoms. The van der Waals surface area contributed by atoms with Crippen LogP contribution < -0.4 is 10.2 Å². The molecule has 1 aromatic rings. The maximum atomic E-state index is 12.0. The molecule has 0 bridgehead atoms. The minimum absolute atomic E-state index is 0.144. The van der Waals surface area contributed by atoms with E-state index in [0.29, 0.717) is 19.5 Å². The number of hydrogen-bond donors (Lipinski definition) is 1. The lowest BCUT2D eigenvalue weighted by Gasteiger charge is -2.21. The summed E-state index contributed by atoms with van der Waals surface area (Å²) in [6.45, 7) is 2.16. The summed E-state index contributed by atoms with van der Waals surface area (Å²) in [5.41, 5.74) is 1.90. The molecular formula is C17H20N2O4S. The molecule has 0 saturated carbocycles. The predicted octanol–water partition coefficient (Wildman–Crippen LogP) is 2.29. The van der Waals surface area contributed by atoms with Crippen LogP contribution in [0.1, 0.15) is 31.2 Å². The van der Waals surface area contributed by atoms with Crippen molar-refractivity contribution in [3.63, 3.8) is 0 Å². The quantitative estimate of drug-likeness (QED) is 0.903. The Balaban J connectivity index is 1.64. The van der Waals surface area contributed by atoms with Gasteiger partial charge in [-0.05, 0) is 30.0 Å². The highest BCUT2D eigenvalue weighted by Crippen LogP contribution is 2.33. The van der Waals surface area contributed by atoms with E-state index in [0.717, 1.165) is 23.4 Å². The molecule has 0 spiro atoms. The zero-order chi connectivity index (χ0) is 17.1. The van der Waals surface area contributed by atoms with Crippen molar-refractivity contribution in [3.8, 4) is 0 Å². The maximum absolute atomic E-state index is 12.0. The van der Waals surface area contributed by atoms with E-state index in [1.165, 1.54) is 18.7 Å². The molecule has 2 fully saturated rings. The molecular weight excluding hydrogens is 328 g/mol. The number of cyclic esters (lactones) is 1. The average molecular weight is 348 g/mol. The summed E-state index contributed by atoms with van der Waals surface area (Å²) in [4.78, 5) is 36.1. The number of anilines is 1. The molecule has 1 aromatic carbocycles. The summed E-state index contributed by atoms with van der Waals surface area (Å²) < 4.78 is 5.26. The topological polar surface area (TPSA) is 75.7 Å². The number of amides is 2. The molecule has 2 atom stereocenters. The van der Waals surface area contributed by atoms with E-state index >= 15 is 0 Å². The van der Waals surface area contributed by atoms with Crippen LogP contribution in [0.25, 0.3) is 0 Å². The monoisotopic (exact) mass is 348 g/mol. The predicted molar refractivity (Wildman–Crippen MR) is 92.2 cm³/mol. The van der Waals surface area contributed by atoms with Crippen LogP contribution in [0, 0.1) is 0 Å². The van der Waals surface area contributed by atoms with E-state index in [1.807, 2.05) is 24.3 Å². The highest BCUT2D eigenvalue weighted by Gasteiger charge is 2.32. The molecule has 3 rings (SSSR count). The van der Waals surface area contributed by atoms with Crippen molar-refractivity contribution in [1.29, 1.82) is 0 Å².